The van der Waals surface area contributed by atoms with Crippen molar-refractivity contribution in [2.75, 3.05) is 4.90 Å². The van der Waals surface area contributed by atoms with E-state index in [0.29, 0.717) is 0 Å². The molecule has 2 aliphatic carbocycles. The zero-order valence-electron chi connectivity index (χ0n) is 45.2. The fraction of sp³-hybridized carbons (Fsp3) is 0.0250. The Morgan fingerprint density at radius 3 is 1.08 bits per heavy atom. The molecule has 13 aromatic rings. The normalized spacial score (nSPS) is 13.7. The maximum absolute atomic E-state index is 6.70. The molecule has 0 atom stereocenters. The smallest absolute Gasteiger partial charge is 0.132 e. The van der Waals surface area contributed by atoms with E-state index < -0.39 is 10.8 Å². The SMILES string of the molecule is c1ccc(-c2cccc(-c3ccc(N(c4cccc(-c5ccc6c(c5)-c5ccccc5C65c6ccccc6Oc6ccccc65)c4)c4cccc(-c5ccc6c(c5)C5(c7ccccc7Oc7ccccc75)c5ccccc5-6)c4)cc3)c2)cc1. The standard InChI is InChI=1S/C80H51NO2/c1-2-19-52(20-3-1)54-21-16-22-55(47-54)53-39-43-60(44-40-53)81(61-25-17-23-56(48-61)58-42-46-69-66(50-58)64-28-5-7-30-68(64)79(69)70-31-8-12-35-75(70)82-76-36-13-9-32-71(76)79)62-26-18-24-57(49-62)59-41-45-65-63-27-4-6-29-67(63)80(74(65)51-59)72-33-10-14-37-77(72)83-78-38-15-11-34-73(78)80/h1-51H. The van der Waals surface area contributed by atoms with Crippen LogP contribution in [-0.2, 0) is 10.8 Å². The molecule has 83 heavy (non-hydrogen) atoms. The highest BCUT2D eigenvalue weighted by Gasteiger charge is 2.52. The average Bonchev–Trinajstić information content (AvgIpc) is 1.83. The Kier molecular flexibility index (Phi) is 10.4. The van der Waals surface area contributed by atoms with Crippen molar-refractivity contribution in [3.05, 3.63) is 354 Å². The number of hydrogen-bond acceptors (Lipinski definition) is 3. The van der Waals surface area contributed by atoms with Crippen LogP contribution in [0.3, 0.4) is 0 Å². The van der Waals surface area contributed by atoms with Crippen molar-refractivity contribution in [1.82, 2.24) is 0 Å². The van der Waals surface area contributed by atoms with Gasteiger partial charge in [0.05, 0.1) is 10.8 Å². The predicted octanol–water partition coefficient (Wildman–Crippen LogP) is 20.8. The molecule has 0 saturated heterocycles. The number of ether oxygens (including phenoxy) is 2. The van der Waals surface area contributed by atoms with E-state index in [2.05, 4.69) is 314 Å². The molecule has 0 saturated carbocycles. The average molecular weight is 1060 g/mol. The van der Waals surface area contributed by atoms with E-state index in [9.17, 15) is 0 Å². The van der Waals surface area contributed by atoms with Gasteiger partial charge in [0.25, 0.3) is 0 Å². The lowest BCUT2D eigenvalue weighted by atomic mass is 9.66. The molecule has 0 N–H and O–H groups in total. The van der Waals surface area contributed by atoms with Crippen LogP contribution in [0.25, 0.3) is 66.8 Å². The van der Waals surface area contributed by atoms with E-state index >= 15 is 0 Å². The van der Waals surface area contributed by atoms with Crippen LogP contribution in [0.4, 0.5) is 17.1 Å². The molecule has 2 heterocycles. The summed E-state index contributed by atoms with van der Waals surface area (Å²) in [7, 11) is 0. The first-order valence-corrected chi connectivity index (χ1v) is 28.6. The maximum atomic E-state index is 6.70. The van der Waals surface area contributed by atoms with E-state index in [4.69, 9.17) is 9.47 Å². The Labute approximate surface area is 483 Å². The minimum absolute atomic E-state index is 0.530. The molecule has 0 unspecified atom stereocenters. The summed E-state index contributed by atoms with van der Waals surface area (Å²) in [6.45, 7) is 0. The van der Waals surface area contributed by atoms with Crippen LogP contribution in [0.2, 0.25) is 0 Å². The molecular weight excluding hydrogens is 1010 g/mol. The number of anilines is 3. The summed E-state index contributed by atoms with van der Waals surface area (Å²) in [5.74, 6) is 3.56. The van der Waals surface area contributed by atoms with Gasteiger partial charge in [-0.2, -0.15) is 0 Å². The van der Waals surface area contributed by atoms with Crippen LogP contribution in [0, 0.1) is 0 Å². The van der Waals surface area contributed by atoms with Gasteiger partial charge in [-0.05, 0) is 168 Å². The van der Waals surface area contributed by atoms with E-state index in [1.807, 2.05) is 0 Å². The highest BCUT2D eigenvalue weighted by atomic mass is 16.5. The molecule has 0 radical (unpaired) electrons. The molecule has 0 amide bonds. The van der Waals surface area contributed by atoms with Crippen LogP contribution in [0.5, 0.6) is 23.0 Å². The maximum Gasteiger partial charge on any atom is 0.132 e. The summed E-state index contributed by atoms with van der Waals surface area (Å²) >= 11 is 0. The molecule has 0 aromatic heterocycles. The van der Waals surface area contributed by atoms with E-state index in [-0.39, 0.29) is 0 Å². The fourth-order valence-electron chi connectivity index (χ4n) is 14.5. The zero-order chi connectivity index (χ0) is 54.6. The number of rotatable bonds is 7. The highest BCUT2D eigenvalue weighted by molar-refractivity contribution is 5.94. The predicted molar refractivity (Wildman–Crippen MR) is 338 cm³/mol. The van der Waals surface area contributed by atoms with Crippen molar-refractivity contribution in [1.29, 1.82) is 0 Å². The summed E-state index contributed by atoms with van der Waals surface area (Å²) in [5, 5.41) is 0. The Bertz CT molecular complexity index is 4670. The lowest BCUT2D eigenvalue weighted by Gasteiger charge is -2.39. The fourth-order valence-corrected chi connectivity index (χ4v) is 14.5. The zero-order valence-corrected chi connectivity index (χ0v) is 45.2. The molecule has 2 spiro atoms. The lowest BCUT2D eigenvalue weighted by molar-refractivity contribution is 0.436. The summed E-state index contributed by atoms with van der Waals surface area (Å²) in [4.78, 5) is 2.42. The number of nitrogens with zero attached hydrogens (tertiary/aromatic N) is 1. The quantitative estimate of drug-likeness (QED) is 0.159. The summed E-state index contributed by atoms with van der Waals surface area (Å²) in [6.07, 6.45) is 0. The van der Waals surface area contributed by atoms with Gasteiger partial charge in [-0.15, -0.1) is 0 Å². The van der Waals surface area contributed by atoms with Crippen LogP contribution in [0.15, 0.2) is 309 Å². The first kappa shape index (κ1) is 47.1. The molecule has 0 fully saturated rings. The number of benzene rings is 13. The second-order valence-corrected chi connectivity index (χ2v) is 22.2. The van der Waals surface area contributed by atoms with Crippen LogP contribution < -0.4 is 14.4 Å². The summed E-state index contributed by atoms with van der Waals surface area (Å²) < 4.78 is 13.3. The minimum atomic E-state index is -0.570. The molecule has 2 aliphatic heterocycles. The van der Waals surface area contributed by atoms with Crippen molar-refractivity contribution in [2.45, 2.75) is 10.8 Å². The summed E-state index contributed by atoms with van der Waals surface area (Å²) in [5.41, 5.74) is 26.0. The molecule has 388 valence electrons. The van der Waals surface area contributed by atoms with Crippen LogP contribution in [-0.4, -0.2) is 0 Å². The monoisotopic (exact) mass is 1060 g/mol. The Hall–Kier alpha value is -10.7. The summed E-state index contributed by atoms with van der Waals surface area (Å²) in [6, 6.07) is 113. The third-order valence-corrected chi connectivity index (χ3v) is 18.0. The van der Waals surface area contributed by atoms with Crippen molar-refractivity contribution in [2.24, 2.45) is 0 Å². The van der Waals surface area contributed by atoms with Gasteiger partial charge in [0.1, 0.15) is 23.0 Å². The minimum Gasteiger partial charge on any atom is -0.457 e. The van der Waals surface area contributed by atoms with Gasteiger partial charge in [-0.25, -0.2) is 0 Å². The van der Waals surface area contributed by atoms with E-state index in [0.717, 1.165) is 90.1 Å². The Morgan fingerprint density at radius 1 is 0.193 bits per heavy atom. The second kappa shape index (κ2) is 18.4. The number of para-hydroxylation sites is 4. The van der Waals surface area contributed by atoms with E-state index in [1.54, 1.807) is 0 Å². The highest BCUT2D eigenvalue weighted by Crippen LogP contribution is 2.64. The molecule has 4 aliphatic rings. The number of hydrogen-bond donors (Lipinski definition) is 0. The molecule has 3 nitrogen and oxygen atoms in total. The number of fused-ring (bicyclic) bond motifs is 18. The van der Waals surface area contributed by atoms with Gasteiger partial charge in [0, 0.05) is 39.3 Å². The van der Waals surface area contributed by atoms with Crippen LogP contribution in [0.1, 0.15) is 44.5 Å². The molecule has 17 rings (SSSR count). The lowest BCUT2D eigenvalue weighted by Crippen LogP contribution is -2.32. The van der Waals surface area contributed by atoms with Crippen molar-refractivity contribution >= 4 is 17.1 Å². The van der Waals surface area contributed by atoms with Gasteiger partial charge >= 0.3 is 0 Å². The van der Waals surface area contributed by atoms with Crippen molar-refractivity contribution < 1.29 is 9.47 Å². The largest absolute Gasteiger partial charge is 0.457 e. The van der Waals surface area contributed by atoms with Gasteiger partial charge in [0.2, 0.25) is 0 Å². The molecule has 13 aromatic carbocycles. The van der Waals surface area contributed by atoms with Gasteiger partial charge in [-0.3, -0.25) is 0 Å². The van der Waals surface area contributed by atoms with E-state index in [1.165, 1.54) is 61.2 Å². The second-order valence-electron chi connectivity index (χ2n) is 22.2. The van der Waals surface area contributed by atoms with Gasteiger partial charge in [-0.1, -0.05) is 231 Å². The third kappa shape index (κ3) is 6.98. The molecular formula is C80H51NO2. The Morgan fingerprint density at radius 2 is 0.542 bits per heavy atom. The van der Waals surface area contributed by atoms with Crippen molar-refractivity contribution in [3.63, 3.8) is 0 Å². The third-order valence-electron chi connectivity index (χ3n) is 18.0. The molecule has 0 bridgehead atoms. The van der Waals surface area contributed by atoms with Crippen LogP contribution >= 0.6 is 0 Å². The van der Waals surface area contributed by atoms with Crippen molar-refractivity contribution in [3.8, 4) is 89.8 Å². The first-order chi connectivity index (χ1) is 41.1. The van der Waals surface area contributed by atoms with Gasteiger partial charge < -0.3 is 14.4 Å². The molecule has 3 heteroatoms. The Balaban J connectivity index is 0.810. The first-order valence-electron chi connectivity index (χ1n) is 28.6. The topological polar surface area (TPSA) is 21.7 Å². The van der Waals surface area contributed by atoms with Gasteiger partial charge in [0.15, 0.2) is 0 Å².